The molecule has 0 bridgehead atoms. The highest BCUT2D eigenvalue weighted by Crippen LogP contribution is 2.53. The van der Waals surface area contributed by atoms with Gasteiger partial charge in [0.2, 0.25) is 11.6 Å². The van der Waals surface area contributed by atoms with Crippen LogP contribution in [0.2, 0.25) is 5.02 Å². The van der Waals surface area contributed by atoms with E-state index in [-0.39, 0.29) is 96.2 Å². The summed E-state index contributed by atoms with van der Waals surface area (Å²) < 4.78 is 44.8. The van der Waals surface area contributed by atoms with E-state index in [1.165, 1.54) is 12.1 Å². The molecule has 3 N–H and O–H groups in total. The van der Waals surface area contributed by atoms with Crippen LogP contribution in [0, 0.1) is 24.1 Å². The molecule has 3 aliphatic rings. The summed E-state index contributed by atoms with van der Waals surface area (Å²) in [4.78, 5) is 29.9. The minimum Gasteiger partial charge on any atom is -0.489 e. The van der Waals surface area contributed by atoms with Crippen molar-refractivity contribution in [2.45, 2.75) is 50.8 Å². The van der Waals surface area contributed by atoms with E-state index in [2.05, 4.69) is 20.0 Å². The average Bonchev–Trinajstić information content (AvgIpc) is 3.55. The molecule has 1 aliphatic carbocycles. The molecule has 2 fully saturated rings. The smallest absolute Gasteiger partial charge is 0.319 e. The quantitative estimate of drug-likeness (QED) is 0.235. The van der Waals surface area contributed by atoms with Crippen LogP contribution in [-0.4, -0.2) is 72.8 Å². The van der Waals surface area contributed by atoms with Gasteiger partial charge in [-0.1, -0.05) is 17.7 Å². The minimum absolute atomic E-state index is 0.0120. The highest BCUT2D eigenvalue weighted by atomic mass is 35.5. The average molecular weight is 668 g/mol. The number of nitrogens with zero attached hydrogens (tertiary/aromatic N) is 5. The third-order valence-electron chi connectivity index (χ3n) is 9.60. The zero-order chi connectivity index (χ0) is 32.4. The van der Waals surface area contributed by atoms with Gasteiger partial charge in [0.05, 0.1) is 39.1 Å². The fourth-order valence-corrected chi connectivity index (χ4v) is 8.43. The lowest BCUT2D eigenvalue weighted by Crippen LogP contribution is -2.54. The van der Waals surface area contributed by atoms with Crippen molar-refractivity contribution in [1.29, 1.82) is 0 Å². The summed E-state index contributed by atoms with van der Waals surface area (Å²) >= 11 is 7.93. The molecule has 4 atom stereocenters. The summed E-state index contributed by atoms with van der Waals surface area (Å²) in [7, 11) is 3.65. The van der Waals surface area contributed by atoms with E-state index in [9.17, 15) is 9.18 Å². The first-order valence-corrected chi connectivity index (χ1v) is 16.4. The Kier molecular flexibility index (Phi) is 7.77. The van der Waals surface area contributed by atoms with Crippen LogP contribution in [0.4, 0.5) is 25.3 Å². The van der Waals surface area contributed by atoms with Crippen molar-refractivity contribution in [3.8, 4) is 22.9 Å². The summed E-state index contributed by atoms with van der Waals surface area (Å²) in [5.41, 5.74) is 6.14. The Bertz CT molecular complexity index is 1950. The molecule has 0 radical (unpaired) electrons. The maximum Gasteiger partial charge on any atom is 0.319 e. The molecule has 0 spiro atoms. The van der Waals surface area contributed by atoms with Crippen molar-refractivity contribution in [3.63, 3.8) is 0 Å². The number of halogens is 3. The molecule has 7 rings (SSSR count). The van der Waals surface area contributed by atoms with Crippen LogP contribution in [0.1, 0.15) is 32.6 Å². The van der Waals surface area contributed by atoms with Crippen molar-refractivity contribution < 1.29 is 23.0 Å². The Balaban J connectivity index is 1.47. The highest BCUT2D eigenvalue weighted by molar-refractivity contribution is 7.23. The summed E-state index contributed by atoms with van der Waals surface area (Å²) in [6.45, 7) is 11.1. The molecule has 1 saturated carbocycles. The van der Waals surface area contributed by atoms with Gasteiger partial charge in [-0.05, 0) is 57.8 Å². The Morgan fingerprint density at radius 3 is 2.74 bits per heavy atom. The number of aromatic nitrogens is 2. The minimum atomic E-state index is -0.793. The summed E-state index contributed by atoms with van der Waals surface area (Å²) in [6, 6.07) is 2.52. The number of carbonyl (C=O) groups is 1. The van der Waals surface area contributed by atoms with Gasteiger partial charge in [-0.3, -0.25) is 9.69 Å². The first kappa shape index (κ1) is 30.7. The number of ether oxygens (including phenoxy) is 2. The molecular formula is C32H32ClF2N7O3S. The molecule has 2 aliphatic heterocycles. The predicted octanol–water partition coefficient (Wildman–Crippen LogP) is 6.16. The molecule has 4 heterocycles. The highest BCUT2D eigenvalue weighted by Gasteiger charge is 2.43. The van der Waals surface area contributed by atoms with Gasteiger partial charge in [-0.25, -0.2) is 13.6 Å². The number of carbonyl (C=O) groups excluding carboxylic acids is 1. The fraction of sp³-hybridized carbons (Fsp3) is 0.438. The van der Waals surface area contributed by atoms with Gasteiger partial charge in [0, 0.05) is 30.1 Å². The predicted molar refractivity (Wildman–Crippen MR) is 175 cm³/mol. The Hall–Kier alpha value is -3.99. The molecule has 4 aromatic rings. The molecular weight excluding hydrogens is 636 g/mol. The first-order chi connectivity index (χ1) is 22.1. The summed E-state index contributed by atoms with van der Waals surface area (Å²) in [6.07, 6.45) is 3.13. The number of hydrogen-bond acceptors (Lipinski definition) is 9. The number of amides is 1. The van der Waals surface area contributed by atoms with Crippen LogP contribution in [0.25, 0.3) is 37.0 Å². The van der Waals surface area contributed by atoms with Crippen LogP contribution in [0.15, 0.2) is 12.1 Å². The number of anilines is 2. The molecule has 1 saturated heterocycles. The van der Waals surface area contributed by atoms with Crippen LogP contribution in [0.3, 0.4) is 0 Å². The van der Waals surface area contributed by atoms with Crippen molar-refractivity contribution in [1.82, 2.24) is 20.2 Å². The van der Waals surface area contributed by atoms with Gasteiger partial charge in [-0.15, -0.1) is 11.3 Å². The first-order valence-electron chi connectivity index (χ1n) is 15.2. The van der Waals surface area contributed by atoms with Crippen molar-refractivity contribution >= 4 is 66.3 Å². The summed E-state index contributed by atoms with van der Waals surface area (Å²) in [5.74, 6) is -1.19. The monoisotopic (exact) mass is 667 g/mol. The lowest BCUT2D eigenvalue weighted by Gasteiger charge is -2.43. The molecule has 0 unspecified atom stereocenters. The number of thiophene rings is 1. The number of hydrogen-bond donors (Lipinski definition) is 2. The second kappa shape index (κ2) is 11.7. The van der Waals surface area contributed by atoms with Crippen molar-refractivity contribution in [3.05, 3.63) is 40.2 Å². The second-order valence-electron chi connectivity index (χ2n) is 12.0. The number of nitrogens with one attached hydrogen (secondary N) is 1. The zero-order valence-electron chi connectivity index (χ0n) is 25.5. The van der Waals surface area contributed by atoms with E-state index in [1.54, 1.807) is 7.05 Å². The number of likely N-dealkylation sites (N-methyl/N-ethyl adjacent to an activating group) is 1. The van der Waals surface area contributed by atoms with E-state index < -0.39 is 11.6 Å². The topological polar surface area (TPSA) is 110 Å². The Morgan fingerprint density at radius 1 is 1.26 bits per heavy atom. The SMILES string of the molecule is [C-]#[N+]c1c(N)sc2c(F)ccc(-c3c(Cl)c4c5c(nc(O[C@@H](C)[C@@H]6CCCN6C)nc5c3F)N([C@@H]3CC[C@@H]3C(=O)NC)CCO4)c12. The Labute approximate surface area is 273 Å². The van der Waals surface area contributed by atoms with Crippen LogP contribution in [-0.2, 0) is 4.79 Å². The van der Waals surface area contributed by atoms with Gasteiger partial charge in [0.25, 0.3) is 0 Å². The van der Waals surface area contributed by atoms with E-state index in [4.69, 9.17) is 38.4 Å². The molecule has 1 amide bonds. The third kappa shape index (κ3) is 4.68. The lowest BCUT2D eigenvalue weighted by molar-refractivity contribution is -0.127. The van der Waals surface area contributed by atoms with E-state index in [1.807, 2.05) is 18.9 Å². The van der Waals surface area contributed by atoms with Crippen LogP contribution in [0.5, 0.6) is 11.8 Å². The maximum absolute atomic E-state index is 17.1. The lowest BCUT2D eigenvalue weighted by atomic mass is 9.77. The van der Waals surface area contributed by atoms with Gasteiger partial charge in [0.15, 0.2) is 11.6 Å². The van der Waals surface area contributed by atoms with Gasteiger partial charge in [0.1, 0.15) is 29.9 Å². The van der Waals surface area contributed by atoms with Crippen LogP contribution >= 0.6 is 22.9 Å². The number of nitrogen functional groups attached to an aromatic ring is 1. The van der Waals surface area contributed by atoms with E-state index in [0.29, 0.717) is 18.8 Å². The largest absolute Gasteiger partial charge is 0.489 e. The Morgan fingerprint density at radius 2 is 2.07 bits per heavy atom. The number of nitrogens with two attached hydrogens (primary N) is 1. The van der Waals surface area contributed by atoms with Gasteiger partial charge < -0.3 is 25.4 Å². The van der Waals surface area contributed by atoms with Gasteiger partial charge in [-0.2, -0.15) is 9.97 Å². The molecule has 2 aromatic carbocycles. The molecule has 10 nitrogen and oxygen atoms in total. The number of benzene rings is 2. The van der Waals surface area contributed by atoms with Crippen molar-refractivity contribution in [2.24, 2.45) is 5.92 Å². The van der Waals surface area contributed by atoms with E-state index in [0.717, 1.165) is 37.1 Å². The maximum atomic E-state index is 17.1. The molecule has 14 heteroatoms. The normalized spacial score (nSPS) is 21.8. The standard InChI is InChI=1S/C32H32ClF2N7O3S/c1-14(18-6-5-11-41(18)4)45-32-39-25-22-27(44-13-12-42(30(22)40-32)19-10-8-15(19)31(43)38-3)23(33)20(24(25)35)16-7-9-17(34)28-21(16)26(37-2)29(36)46-28/h7,9,14-15,18-19H,5-6,8,10-13,36H2,1,3-4H3,(H,38,43)/t14-,15-,18-,19+/m0/s1. The van der Waals surface area contributed by atoms with Gasteiger partial charge >= 0.3 is 6.01 Å². The number of fused-ring (bicyclic) bond motifs is 1. The zero-order valence-corrected chi connectivity index (χ0v) is 27.1. The third-order valence-corrected chi connectivity index (χ3v) is 11.0. The molecule has 240 valence electrons. The number of rotatable bonds is 6. The van der Waals surface area contributed by atoms with E-state index >= 15 is 4.39 Å². The summed E-state index contributed by atoms with van der Waals surface area (Å²) in [5, 5.41) is 3.24. The molecule has 2 aromatic heterocycles. The fourth-order valence-electron chi connectivity index (χ4n) is 7.16. The number of likely N-dealkylation sites (tertiary alicyclic amines) is 1. The molecule has 46 heavy (non-hydrogen) atoms. The van der Waals surface area contributed by atoms with Crippen molar-refractivity contribution in [2.75, 3.05) is 44.4 Å². The second-order valence-corrected chi connectivity index (χ2v) is 13.5. The van der Waals surface area contributed by atoms with Crippen LogP contribution < -0.4 is 25.4 Å².